The van der Waals surface area contributed by atoms with Gasteiger partial charge in [0.05, 0.1) is 0 Å². The van der Waals surface area contributed by atoms with Gasteiger partial charge in [-0.2, -0.15) is 0 Å². The number of carbonyl (C=O) groups is 2. The Morgan fingerprint density at radius 1 is 1.38 bits per heavy atom. The van der Waals surface area contributed by atoms with Gasteiger partial charge in [-0.05, 0) is 0 Å². The SMILES string of the molecule is NC(=O)S.O=C(O)O. The van der Waals surface area contributed by atoms with E-state index in [1.807, 2.05) is 0 Å². The third-order valence-corrected chi connectivity index (χ3v) is 0. The topological polar surface area (TPSA) is 101 Å². The van der Waals surface area contributed by atoms with E-state index in [2.05, 4.69) is 18.4 Å². The molecule has 5 nitrogen and oxygen atoms in total. The number of hydrogen-bond donors (Lipinski definition) is 4. The van der Waals surface area contributed by atoms with E-state index in [9.17, 15) is 0 Å². The second-order valence-electron chi connectivity index (χ2n) is 0.621. The predicted molar refractivity (Wildman–Crippen MR) is 29.2 cm³/mol. The molecule has 0 aliphatic carbocycles. The number of thiol groups is 1. The zero-order valence-electron chi connectivity index (χ0n) is 3.74. The predicted octanol–water partition coefficient (Wildman–Crippen LogP) is 0.217. The second-order valence-corrected chi connectivity index (χ2v) is 1.06. The Labute approximate surface area is 50.5 Å². The summed E-state index contributed by atoms with van der Waals surface area (Å²) in [5, 5.41) is 13.3. The van der Waals surface area contributed by atoms with Gasteiger partial charge in [-0.25, -0.2) is 4.79 Å². The van der Waals surface area contributed by atoms with Crippen molar-refractivity contribution < 1.29 is 19.8 Å². The normalized spacial score (nSPS) is 6.12. The van der Waals surface area contributed by atoms with Gasteiger partial charge < -0.3 is 15.9 Å². The van der Waals surface area contributed by atoms with E-state index < -0.39 is 11.4 Å². The second kappa shape index (κ2) is 6.09. The minimum atomic E-state index is -1.83. The first-order chi connectivity index (χ1) is 3.46. The highest BCUT2D eigenvalue weighted by Crippen LogP contribution is 1.60. The number of rotatable bonds is 0. The van der Waals surface area contributed by atoms with Crippen LogP contribution >= 0.6 is 12.6 Å². The smallest absolute Gasteiger partial charge is 0.450 e. The fourth-order valence-corrected chi connectivity index (χ4v) is 0. The Bertz CT molecular complexity index is 72.0. The van der Waals surface area contributed by atoms with Crippen LogP contribution in [0.1, 0.15) is 0 Å². The highest BCUT2D eigenvalue weighted by Gasteiger charge is 1.70. The average Bonchev–Trinajstić information content (AvgIpc) is 1.25. The molecule has 1 amide bonds. The maximum atomic E-state index is 9.09. The standard InChI is InChI=1S/CH3NOS.CH2O3/c2*2-1(3)4/h(H3,2,3,4);(H2,2,3,4). The minimum absolute atomic E-state index is 0.639. The van der Waals surface area contributed by atoms with Gasteiger partial charge in [0.25, 0.3) is 5.24 Å². The molecule has 0 saturated heterocycles. The quantitative estimate of drug-likeness (QED) is 0.360. The van der Waals surface area contributed by atoms with Crippen LogP contribution in [0, 0.1) is 0 Å². The summed E-state index contributed by atoms with van der Waals surface area (Å²) >= 11 is 3.10. The van der Waals surface area contributed by atoms with Crippen molar-refractivity contribution in [3.8, 4) is 0 Å². The van der Waals surface area contributed by atoms with Crippen molar-refractivity contribution in [3.05, 3.63) is 0 Å². The van der Waals surface area contributed by atoms with E-state index in [1.165, 1.54) is 0 Å². The summed E-state index contributed by atoms with van der Waals surface area (Å²) in [4.78, 5) is 17.6. The van der Waals surface area contributed by atoms with Crippen LogP contribution in [0.25, 0.3) is 0 Å². The van der Waals surface area contributed by atoms with Gasteiger partial charge in [-0.15, -0.1) is 0 Å². The van der Waals surface area contributed by atoms with Crippen LogP contribution in [0.2, 0.25) is 0 Å². The van der Waals surface area contributed by atoms with Crippen LogP contribution in [-0.4, -0.2) is 21.6 Å². The highest BCUT2D eigenvalue weighted by atomic mass is 32.1. The molecule has 0 aromatic heterocycles. The van der Waals surface area contributed by atoms with Crippen LogP contribution in [-0.2, 0) is 0 Å². The molecule has 0 unspecified atom stereocenters. The average molecular weight is 139 g/mol. The van der Waals surface area contributed by atoms with Crippen molar-refractivity contribution in [2.24, 2.45) is 5.73 Å². The number of carbonyl (C=O) groups excluding carboxylic acids is 1. The van der Waals surface area contributed by atoms with Crippen LogP contribution in [0.5, 0.6) is 0 Å². The first-order valence-electron chi connectivity index (χ1n) is 1.37. The first kappa shape index (κ1) is 10.1. The summed E-state index contributed by atoms with van der Waals surface area (Å²) in [6.07, 6.45) is -1.83. The lowest BCUT2D eigenvalue weighted by Gasteiger charge is -1.60. The molecule has 0 spiro atoms. The molecule has 0 radical (unpaired) electrons. The molecule has 0 rings (SSSR count). The zero-order chi connectivity index (χ0) is 7.15. The van der Waals surface area contributed by atoms with Crippen molar-refractivity contribution in [3.63, 3.8) is 0 Å². The number of hydrogen-bond acceptors (Lipinski definition) is 2. The van der Waals surface area contributed by atoms with Crippen LogP contribution < -0.4 is 5.73 Å². The first-order valence-corrected chi connectivity index (χ1v) is 1.81. The van der Waals surface area contributed by atoms with Gasteiger partial charge in [0.1, 0.15) is 0 Å². The summed E-state index contributed by atoms with van der Waals surface area (Å²) in [6, 6.07) is 0. The van der Waals surface area contributed by atoms with Crippen molar-refractivity contribution in [2.45, 2.75) is 0 Å². The lowest BCUT2D eigenvalue weighted by Crippen LogP contribution is -1.95. The van der Waals surface area contributed by atoms with Crippen LogP contribution in [0.4, 0.5) is 9.59 Å². The maximum Gasteiger partial charge on any atom is 0.503 e. The molecule has 0 aliphatic rings. The van der Waals surface area contributed by atoms with Crippen molar-refractivity contribution in [1.82, 2.24) is 0 Å². The summed E-state index contributed by atoms with van der Waals surface area (Å²) < 4.78 is 0. The van der Waals surface area contributed by atoms with E-state index in [1.54, 1.807) is 0 Å². The van der Waals surface area contributed by atoms with E-state index in [-0.39, 0.29) is 0 Å². The van der Waals surface area contributed by atoms with Crippen LogP contribution in [0.15, 0.2) is 0 Å². The molecule has 0 bridgehead atoms. The van der Waals surface area contributed by atoms with Gasteiger partial charge in [0.2, 0.25) is 0 Å². The lowest BCUT2D eigenvalue weighted by atomic mass is 11.5. The van der Waals surface area contributed by atoms with Gasteiger partial charge in [0, 0.05) is 0 Å². The molecule has 0 saturated carbocycles. The van der Waals surface area contributed by atoms with Gasteiger partial charge in [0.15, 0.2) is 0 Å². The summed E-state index contributed by atoms with van der Waals surface area (Å²) in [7, 11) is 0. The van der Waals surface area contributed by atoms with Gasteiger partial charge >= 0.3 is 6.16 Å². The Hall–Kier alpha value is -0.910. The maximum absolute atomic E-state index is 9.09. The molecular weight excluding hydrogens is 134 g/mol. The summed E-state index contributed by atoms with van der Waals surface area (Å²) in [6.45, 7) is 0. The summed E-state index contributed by atoms with van der Waals surface area (Å²) in [5.41, 5.74) is 4.34. The molecule has 8 heavy (non-hydrogen) atoms. The Kier molecular flexibility index (Phi) is 7.73. The molecule has 0 aromatic carbocycles. The summed E-state index contributed by atoms with van der Waals surface area (Å²) in [5.74, 6) is 0. The fourth-order valence-electron chi connectivity index (χ4n) is 0. The molecule has 4 N–H and O–H groups in total. The molecule has 48 valence electrons. The van der Waals surface area contributed by atoms with E-state index in [4.69, 9.17) is 19.8 Å². The number of primary amides is 1. The fraction of sp³-hybridized carbons (Fsp3) is 0. The molecule has 0 heterocycles. The Morgan fingerprint density at radius 2 is 1.38 bits per heavy atom. The van der Waals surface area contributed by atoms with Crippen molar-refractivity contribution in [2.75, 3.05) is 0 Å². The van der Waals surface area contributed by atoms with E-state index >= 15 is 0 Å². The molecular formula is C2H5NO4S. The van der Waals surface area contributed by atoms with Gasteiger partial charge in [-0.3, -0.25) is 4.79 Å². The van der Waals surface area contributed by atoms with Crippen LogP contribution in [0.3, 0.4) is 0 Å². The third kappa shape index (κ3) is 103. The largest absolute Gasteiger partial charge is 0.503 e. The monoisotopic (exact) mass is 139 g/mol. The number of amides is 1. The number of carboxylic acid groups (broad SMARTS) is 2. The molecule has 0 aromatic rings. The van der Waals surface area contributed by atoms with E-state index in [0.717, 1.165) is 0 Å². The minimum Gasteiger partial charge on any atom is -0.450 e. The van der Waals surface area contributed by atoms with Crippen molar-refractivity contribution in [1.29, 1.82) is 0 Å². The lowest BCUT2D eigenvalue weighted by molar-refractivity contribution is 0.137. The molecule has 0 aliphatic heterocycles. The number of nitrogens with two attached hydrogens (primary N) is 1. The Morgan fingerprint density at radius 3 is 1.38 bits per heavy atom. The third-order valence-electron chi connectivity index (χ3n) is 0. The molecule has 0 fully saturated rings. The Balaban J connectivity index is 0. The molecule has 0 atom stereocenters. The van der Waals surface area contributed by atoms with Crippen molar-refractivity contribution >= 4 is 24.0 Å². The molecule has 6 heteroatoms. The highest BCUT2D eigenvalue weighted by molar-refractivity contribution is 7.96. The van der Waals surface area contributed by atoms with Gasteiger partial charge in [-0.1, -0.05) is 12.6 Å². The zero-order valence-corrected chi connectivity index (χ0v) is 4.63. The van der Waals surface area contributed by atoms with E-state index in [0.29, 0.717) is 0 Å².